The van der Waals surface area contributed by atoms with Crippen LogP contribution in [0.25, 0.3) is 0 Å². The normalized spacial score (nSPS) is 10.2. The minimum absolute atomic E-state index is 0.00865. The van der Waals surface area contributed by atoms with E-state index in [9.17, 15) is 4.79 Å². The molecule has 0 bridgehead atoms. The summed E-state index contributed by atoms with van der Waals surface area (Å²) in [4.78, 5) is 11.6. The molecule has 20 heavy (non-hydrogen) atoms. The fourth-order valence-electron chi connectivity index (χ4n) is 1.97. The van der Waals surface area contributed by atoms with Crippen molar-refractivity contribution in [2.75, 3.05) is 7.11 Å². The van der Waals surface area contributed by atoms with Crippen LogP contribution in [0.4, 0.5) is 0 Å². The van der Waals surface area contributed by atoms with E-state index in [0.29, 0.717) is 17.9 Å². The molecule has 0 radical (unpaired) electrons. The second-order valence-corrected chi connectivity index (χ2v) is 4.70. The van der Waals surface area contributed by atoms with Crippen LogP contribution in [0.3, 0.4) is 0 Å². The lowest BCUT2D eigenvalue weighted by Crippen LogP contribution is -2.02. The minimum Gasteiger partial charge on any atom is -0.497 e. The molecule has 2 aromatic carbocycles. The van der Waals surface area contributed by atoms with Gasteiger partial charge in [-0.25, -0.2) is 0 Å². The van der Waals surface area contributed by atoms with E-state index in [1.807, 2.05) is 49.4 Å². The third kappa shape index (κ3) is 3.38. The van der Waals surface area contributed by atoms with Crippen LogP contribution in [0.15, 0.2) is 42.5 Å². The average Bonchev–Trinajstić information content (AvgIpc) is 2.46. The van der Waals surface area contributed by atoms with Crippen molar-refractivity contribution in [1.82, 2.24) is 0 Å². The maximum atomic E-state index is 11.6. The number of aryl methyl sites for hydroxylation is 1. The van der Waals surface area contributed by atoms with Gasteiger partial charge in [0.25, 0.3) is 0 Å². The van der Waals surface area contributed by atoms with E-state index in [1.54, 1.807) is 14.0 Å². The van der Waals surface area contributed by atoms with Crippen molar-refractivity contribution in [1.29, 1.82) is 0 Å². The molecule has 0 saturated carbocycles. The molecule has 0 unspecified atom stereocenters. The zero-order chi connectivity index (χ0) is 14.5. The van der Waals surface area contributed by atoms with Gasteiger partial charge in [-0.3, -0.25) is 4.79 Å². The van der Waals surface area contributed by atoms with E-state index in [2.05, 4.69) is 0 Å². The fraction of sp³-hybridized carbons (Fsp3) is 0.235. The molecule has 2 aromatic rings. The SMILES string of the molecule is COc1cccc(COc2ccc(C)cc2C(C)=O)c1. The van der Waals surface area contributed by atoms with Crippen LogP contribution >= 0.6 is 0 Å². The summed E-state index contributed by atoms with van der Waals surface area (Å²) in [5, 5.41) is 0. The van der Waals surface area contributed by atoms with Gasteiger partial charge in [-0.1, -0.05) is 23.8 Å². The second-order valence-electron chi connectivity index (χ2n) is 4.70. The first kappa shape index (κ1) is 14.1. The summed E-state index contributed by atoms with van der Waals surface area (Å²) in [5.74, 6) is 1.42. The zero-order valence-electron chi connectivity index (χ0n) is 12.0. The Hall–Kier alpha value is -2.29. The monoisotopic (exact) mass is 270 g/mol. The van der Waals surface area contributed by atoms with Crippen LogP contribution in [0, 0.1) is 6.92 Å². The molecule has 0 aliphatic rings. The molecule has 3 heteroatoms. The molecule has 0 heterocycles. The number of Topliss-reactive ketones (excluding diaryl/α,β-unsaturated/α-hetero) is 1. The molecule has 2 rings (SSSR count). The number of carbonyl (C=O) groups excluding carboxylic acids is 1. The Morgan fingerprint density at radius 1 is 1.15 bits per heavy atom. The minimum atomic E-state index is 0.00865. The maximum Gasteiger partial charge on any atom is 0.163 e. The zero-order valence-corrected chi connectivity index (χ0v) is 12.0. The lowest BCUT2D eigenvalue weighted by molar-refractivity contribution is 0.101. The molecule has 0 aliphatic carbocycles. The smallest absolute Gasteiger partial charge is 0.163 e. The largest absolute Gasteiger partial charge is 0.497 e. The van der Waals surface area contributed by atoms with E-state index in [1.165, 1.54) is 0 Å². The van der Waals surface area contributed by atoms with Crippen molar-refractivity contribution < 1.29 is 14.3 Å². The van der Waals surface area contributed by atoms with Crippen LogP contribution in [0.1, 0.15) is 28.4 Å². The third-order valence-electron chi connectivity index (χ3n) is 3.04. The van der Waals surface area contributed by atoms with Gasteiger partial charge in [0.15, 0.2) is 5.78 Å². The molecule has 0 saturated heterocycles. The molecule has 0 aliphatic heterocycles. The number of hydrogen-bond donors (Lipinski definition) is 0. The Morgan fingerprint density at radius 2 is 1.95 bits per heavy atom. The van der Waals surface area contributed by atoms with Crippen molar-refractivity contribution >= 4 is 5.78 Å². The molecule has 3 nitrogen and oxygen atoms in total. The van der Waals surface area contributed by atoms with Crippen LogP contribution in [-0.4, -0.2) is 12.9 Å². The summed E-state index contributed by atoms with van der Waals surface area (Å²) in [7, 11) is 1.63. The summed E-state index contributed by atoms with van der Waals surface area (Å²) in [5.41, 5.74) is 2.66. The van der Waals surface area contributed by atoms with E-state index in [4.69, 9.17) is 9.47 Å². The average molecular weight is 270 g/mol. The van der Waals surface area contributed by atoms with Crippen LogP contribution in [0.2, 0.25) is 0 Å². The van der Waals surface area contributed by atoms with Gasteiger partial charge in [0.05, 0.1) is 12.7 Å². The number of benzene rings is 2. The van der Waals surface area contributed by atoms with Crippen molar-refractivity contribution in [2.24, 2.45) is 0 Å². The van der Waals surface area contributed by atoms with E-state index in [-0.39, 0.29) is 5.78 Å². The van der Waals surface area contributed by atoms with Gasteiger partial charge in [-0.2, -0.15) is 0 Å². The molecule has 0 spiro atoms. The number of ketones is 1. The first-order chi connectivity index (χ1) is 9.60. The highest BCUT2D eigenvalue weighted by molar-refractivity contribution is 5.97. The Kier molecular flexibility index (Phi) is 4.41. The molecular weight excluding hydrogens is 252 g/mol. The van der Waals surface area contributed by atoms with Gasteiger partial charge in [0.1, 0.15) is 18.1 Å². The van der Waals surface area contributed by atoms with E-state index < -0.39 is 0 Å². The Morgan fingerprint density at radius 3 is 2.65 bits per heavy atom. The summed E-state index contributed by atoms with van der Waals surface area (Å²) < 4.78 is 10.9. The van der Waals surface area contributed by atoms with Crippen molar-refractivity contribution in [3.8, 4) is 11.5 Å². The molecule has 0 atom stereocenters. The number of carbonyl (C=O) groups is 1. The lowest BCUT2D eigenvalue weighted by atomic mass is 10.1. The van der Waals surface area contributed by atoms with Crippen molar-refractivity contribution in [3.05, 3.63) is 59.2 Å². The topological polar surface area (TPSA) is 35.5 Å². The highest BCUT2D eigenvalue weighted by Crippen LogP contribution is 2.22. The first-order valence-electron chi connectivity index (χ1n) is 6.47. The molecule has 104 valence electrons. The highest BCUT2D eigenvalue weighted by atomic mass is 16.5. The standard InChI is InChI=1S/C17H18O3/c1-12-7-8-17(16(9-12)13(2)18)20-11-14-5-4-6-15(10-14)19-3/h4-10H,11H2,1-3H3. The summed E-state index contributed by atoms with van der Waals surface area (Å²) >= 11 is 0. The fourth-order valence-corrected chi connectivity index (χ4v) is 1.97. The van der Waals surface area contributed by atoms with Gasteiger partial charge in [0, 0.05) is 0 Å². The van der Waals surface area contributed by atoms with Crippen molar-refractivity contribution in [3.63, 3.8) is 0 Å². The maximum absolute atomic E-state index is 11.6. The summed E-state index contributed by atoms with van der Waals surface area (Å²) in [6.07, 6.45) is 0. The van der Waals surface area contributed by atoms with E-state index in [0.717, 1.165) is 16.9 Å². The number of hydrogen-bond acceptors (Lipinski definition) is 3. The van der Waals surface area contributed by atoms with Gasteiger partial charge < -0.3 is 9.47 Å². The Bertz CT molecular complexity index is 617. The van der Waals surface area contributed by atoms with Crippen LogP contribution in [-0.2, 0) is 6.61 Å². The van der Waals surface area contributed by atoms with E-state index >= 15 is 0 Å². The highest BCUT2D eigenvalue weighted by Gasteiger charge is 2.09. The second kappa shape index (κ2) is 6.24. The quantitative estimate of drug-likeness (QED) is 0.775. The predicted molar refractivity (Wildman–Crippen MR) is 78.5 cm³/mol. The molecule has 0 fully saturated rings. The van der Waals surface area contributed by atoms with Gasteiger partial charge in [-0.05, 0) is 43.7 Å². The Labute approximate surface area is 119 Å². The van der Waals surface area contributed by atoms with Crippen molar-refractivity contribution in [2.45, 2.75) is 20.5 Å². The third-order valence-corrected chi connectivity index (χ3v) is 3.04. The molecular formula is C17H18O3. The first-order valence-corrected chi connectivity index (χ1v) is 6.47. The number of ether oxygens (including phenoxy) is 2. The van der Waals surface area contributed by atoms with Crippen LogP contribution < -0.4 is 9.47 Å². The van der Waals surface area contributed by atoms with Gasteiger partial charge in [0.2, 0.25) is 0 Å². The summed E-state index contributed by atoms with van der Waals surface area (Å²) in [6.45, 7) is 3.91. The Balaban J connectivity index is 2.16. The number of methoxy groups -OCH3 is 1. The van der Waals surface area contributed by atoms with Gasteiger partial charge in [-0.15, -0.1) is 0 Å². The predicted octanol–water partition coefficient (Wildman–Crippen LogP) is 3.79. The molecule has 0 N–H and O–H groups in total. The molecule has 0 amide bonds. The van der Waals surface area contributed by atoms with Crippen LogP contribution in [0.5, 0.6) is 11.5 Å². The van der Waals surface area contributed by atoms with Gasteiger partial charge >= 0.3 is 0 Å². The molecule has 0 aromatic heterocycles. The lowest BCUT2D eigenvalue weighted by Gasteiger charge is -2.11. The summed E-state index contributed by atoms with van der Waals surface area (Å²) in [6, 6.07) is 13.3. The number of rotatable bonds is 5.